The van der Waals surface area contributed by atoms with Gasteiger partial charge in [-0.15, -0.1) is 0 Å². The molecule has 4 aliphatic heterocycles. The molecule has 1 unspecified atom stereocenters. The van der Waals surface area contributed by atoms with Crippen molar-refractivity contribution in [2.45, 2.75) is 104 Å². The fourth-order valence-corrected chi connectivity index (χ4v) is 10.2. The topological polar surface area (TPSA) is 271 Å². The van der Waals surface area contributed by atoms with Crippen LogP contribution >= 0.6 is 0 Å². The van der Waals surface area contributed by atoms with E-state index in [2.05, 4.69) is 39.8 Å². The Labute approximate surface area is 455 Å². The Balaban J connectivity index is 0.000000210. The van der Waals surface area contributed by atoms with E-state index in [1.165, 1.54) is 0 Å². The largest absolute Gasteiger partial charge is 0.481 e. The highest BCUT2D eigenvalue weighted by Gasteiger charge is 2.44. The molecule has 79 heavy (non-hydrogen) atoms. The van der Waals surface area contributed by atoms with Gasteiger partial charge in [-0.25, -0.2) is 14.8 Å². The Kier molecular flexibility index (Phi) is 17.2. The Bertz CT molecular complexity index is 3620. The number of carboxylic acid groups (broad SMARTS) is 2. The number of benzene rings is 2. The van der Waals surface area contributed by atoms with Gasteiger partial charge in [-0.05, 0) is 154 Å². The zero-order valence-corrected chi connectivity index (χ0v) is 44.5. The van der Waals surface area contributed by atoms with E-state index in [0.717, 1.165) is 101 Å². The number of ether oxygens (including phenoxy) is 1. The van der Waals surface area contributed by atoms with Crippen molar-refractivity contribution in [3.63, 3.8) is 0 Å². The van der Waals surface area contributed by atoms with E-state index in [4.69, 9.17) is 14.7 Å². The van der Waals surface area contributed by atoms with E-state index in [1.54, 1.807) is 48.5 Å². The van der Waals surface area contributed by atoms with E-state index in [9.17, 15) is 48.6 Å². The number of aryl methyl sites for hydroxylation is 3. The molecule has 1 atom stereocenters. The van der Waals surface area contributed by atoms with Gasteiger partial charge in [0.15, 0.2) is 5.78 Å². The number of unbranched alkanes of at least 4 members (excludes halogenated alkanes) is 2. The lowest BCUT2D eigenvalue weighted by molar-refractivity contribution is -0.137. The molecule has 0 spiro atoms. The maximum atomic E-state index is 12.9. The minimum absolute atomic E-state index is 0.0367. The molecule has 4 aliphatic rings. The maximum Gasteiger partial charge on any atom is 0.412 e. The van der Waals surface area contributed by atoms with Crippen molar-refractivity contribution in [3.05, 3.63) is 148 Å². The van der Waals surface area contributed by atoms with Crippen molar-refractivity contribution >= 4 is 104 Å². The van der Waals surface area contributed by atoms with Crippen LogP contribution in [0.1, 0.15) is 149 Å². The Morgan fingerprint density at radius 2 is 1.24 bits per heavy atom. The highest BCUT2D eigenvalue weighted by molar-refractivity contribution is 6.23. The average Bonchev–Trinajstić information content (AvgIpc) is 4.28. The number of nitrogens with one attached hydrogen (secondary N) is 4. The number of imide groups is 2. The van der Waals surface area contributed by atoms with Crippen LogP contribution in [0.4, 0.5) is 4.79 Å². The number of Topliss-reactive ketones (excluding diaryl/α,β-unsaturated/α-hetero) is 1. The molecule has 18 nitrogen and oxygen atoms in total. The van der Waals surface area contributed by atoms with E-state index in [1.807, 2.05) is 58.0 Å². The number of aromatic amines is 2. The van der Waals surface area contributed by atoms with E-state index >= 15 is 0 Å². The fourth-order valence-electron chi connectivity index (χ4n) is 10.2. The maximum absolute atomic E-state index is 12.9. The van der Waals surface area contributed by atoms with Crippen LogP contribution < -0.4 is 15.4 Å². The van der Waals surface area contributed by atoms with Gasteiger partial charge >= 0.3 is 18.0 Å². The van der Waals surface area contributed by atoms with Gasteiger partial charge in [-0.3, -0.25) is 43.8 Å². The summed E-state index contributed by atoms with van der Waals surface area (Å²) in [4.78, 5) is 114. The van der Waals surface area contributed by atoms with Crippen LogP contribution in [0.15, 0.2) is 86.0 Å². The van der Waals surface area contributed by atoms with Crippen LogP contribution in [0.3, 0.4) is 0 Å². The average molecular weight is 1070 g/mol. The SMILES string of the molecule is C=Cc1c(C)c2cc3[nH]c(cc4nc(cc5nc(cc1[nH]2)C(C)=C5CCC(=O)O)C(CCC(=O)O)=C4C)c(C)c3C=C.O=C(CCCCCc1ccc2c(c1)C(=O)N(C1CCC(=O)NC1=O)C2=O)CNC(=O)Oc1ccccc1. The van der Waals surface area contributed by atoms with Gasteiger partial charge in [-0.2, -0.15) is 0 Å². The number of carbonyl (C=O) groups is 8. The number of carboxylic acids is 2. The van der Waals surface area contributed by atoms with Gasteiger partial charge in [0.25, 0.3) is 11.8 Å². The predicted molar refractivity (Wildman–Crippen MR) is 300 cm³/mol. The van der Waals surface area contributed by atoms with Gasteiger partial charge in [-0.1, -0.05) is 56.0 Å². The number of para-hydroxylation sites is 1. The second-order valence-corrected chi connectivity index (χ2v) is 19.7. The lowest BCUT2D eigenvalue weighted by atomic mass is 9.98. The number of carbonyl (C=O) groups excluding carboxylic acids is 6. The molecule has 5 amide bonds. The molecule has 406 valence electrons. The summed E-state index contributed by atoms with van der Waals surface area (Å²) in [6, 6.07) is 20.5. The van der Waals surface area contributed by atoms with Crippen LogP contribution in [0.25, 0.3) is 56.5 Å². The van der Waals surface area contributed by atoms with Gasteiger partial charge in [0.1, 0.15) is 11.8 Å². The van der Waals surface area contributed by atoms with Gasteiger partial charge < -0.3 is 30.2 Å². The molecule has 1 fully saturated rings. The third-order valence-corrected chi connectivity index (χ3v) is 14.5. The summed E-state index contributed by atoms with van der Waals surface area (Å²) in [6.07, 6.45) is 6.88. The lowest BCUT2D eigenvalue weighted by Crippen LogP contribution is -2.54. The summed E-state index contributed by atoms with van der Waals surface area (Å²) < 4.78 is 5.07. The highest BCUT2D eigenvalue weighted by atomic mass is 16.6. The summed E-state index contributed by atoms with van der Waals surface area (Å²) in [7, 11) is 0. The predicted octanol–water partition coefficient (Wildman–Crippen LogP) is 10.4. The van der Waals surface area contributed by atoms with Crippen molar-refractivity contribution in [2.24, 2.45) is 0 Å². The van der Waals surface area contributed by atoms with Crippen molar-refractivity contribution in [1.82, 2.24) is 35.5 Å². The Morgan fingerprint density at radius 1 is 0.671 bits per heavy atom. The second-order valence-electron chi connectivity index (χ2n) is 19.7. The summed E-state index contributed by atoms with van der Waals surface area (Å²) in [5.41, 5.74) is 15.1. The summed E-state index contributed by atoms with van der Waals surface area (Å²) in [5.74, 6) is -3.58. The van der Waals surface area contributed by atoms with Gasteiger partial charge in [0.05, 0.1) is 40.4 Å². The molecule has 7 heterocycles. The zero-order valence-electron chi connectivity index (χ0n) is 44.5. The standard InChI is InChI=1S/C34H34N4O4.C27H27N3O7/c1-7-21-17(3)25-13-26-19(5)23(9-11-33(39)40)31(37-26)16-32-24(10-12-34(41)42)20(6)28(38-32)15-30-22(8-2)18(4)27(36-30)14-29(21)35-25;31-18(16-28-27(36)37-19-9-5-2-6-10-19)8-4-1-3-7-17-11-12-20-21(15-17)26(35)30(25(20)34)22-13-14-23(32)29-24(22)33/h7-8,13-16,35-36H,1-2,9-12H2,3-6H3,(H,39,40)(H,41,42);2,5-6,9-12,15,22H,1,3-4,7-8,13-14,16H2,(H,28,36)(H,29,32,33). The number of hydrogen-bond donors (Lipinski definition) is 6. The van der Waals surface area contributed by atoms with Gasteiger partial charge in [0, 0.05) is 58.9 Å². The third kappa shape index (κ3) is 12.6. The third-order valence-electron chi connectivity index (χ3n) is 14.5. The zero-order chi connectivity index (χ0) is 56.7. The normalized spacial score (nSPS) is 14.8. The quantitative estimate of drug-likeness (QED) is 0.0352. The summed E-state index contributed by atoms with van der Waals surface area (Å²) in [5, 5.41) is 23.5. The molecule has 0 aliphatic carbocycles. The van der Waals surface area contributed by atoms with E-state index in [0.29, 0.717) is 49.2 Å². The van der Waals surface area contributed by atoms with Crippen LogP contribution in [0.5, 0.6) is 5.75 Å². The van der Waals surface area contributed by atoms with Gasteiger partial charge in [0.2, 0.25) is 11.8 Å². The first kappa shape index (κ1) is 55.9. The molecule has 8 bridgehead atoms. The van der Waals surface area contributed by atoms with Crippen molar-refractivity contribution in [3.8, 4) is 5.75 Å². The smallest absolute Gasteiger partial charge is 0.412 e. The van der Waals surface area contributed by atoms with Crippen LogP contribution in [0, 0.1) is 13.8 Å². The lowest BCUT2D eigenvalue weighted by Gasteiger charge is -2.27. The molecule has 5 aromatic rings. The first-order chi connectivity index (χ1) is 37.8. The Morgan fingerprint density at radius 3 is 1.82 bits per heavy atom. The summed E-state index contributed by atoms with van der Waals surface area (Å²) >= 11 is 0. The van der Waals surface area contributed by atoms with Crippen LogP contribution in [0.2, 0.25) is 0 Å². The minimum Gasteiger partial charge on any atom is -0.481 e. The monoisotopic (exact) mass is 1070 g/mol. The van der Waals surface area contributed by atoms with Crippen molar-refractivity contribution in [1.29, 1.82) is 0 Å². The molecule has 6 N–H and O–H groups in total. The highest BCUT2D eigenvalue weighted by Crippen LogP contribution is 2.38. The number of aliphatic carboxylic acids is 2. The molecule has 2 aromatic carbocycles. The van der Waals surface area contributed by atoms with Crippen molar-refractivity contribution < 1.29 is 53.3 Å². The number of ketones is 1. The van der Waals surface area contributed by atoms with Crippen molar-refractivity contribution in [2.75, 3.05) is 6.54 Å². The molecule has 9 rings (SSSR count). The molecule has 0 radical (unpaired) electrons. The number of nitrogens with zero attached hydrogens (tertiary/aromatic N) is 3. The van der Waals surface area contributed by atoms with Crippen LogP contribution in [-0.2, 0) is 30.4 Å². The van der Waals surface area contributed by atoms with Crippen LogP contribution in [-0.4, -0.2) is 95.1 Å². The number of aromatic nitrogens is 4. The summed E-state index contributed by atoms with van der Waals surface area (Å²) in [6.45, 7) is 16.0. The molecule has 1 saturated heterocycles. The number of amides is 5. The second kappa shape index (κ2) is 24.3. The van der Waals surface area contributed by atoms with E-state index < -0.39 is 47.7 Å². The molecule has 0 saturated carbocycles. The number of H-pyrrole nitrogens is 2. The Hall–Kier alpha value is -9.32. The number of allylic oxidation sites excluding steroid dienone is 4. The molecule has 18 heteroatoms. The molecular formula is C61H61N7O11. The number of fused-ring (bicyclic) bond motifs is 9. The first-order valence-electron chi connectivity index (χ1n) is 26.1. The fraction of sp³-hybridized carbons (Fsp3) is 0.279. The number of rotatable bonds is 18. The number of hydrogen-bond acceptors (Lipinski definition) is 11. The first-order valence-corrected chi connectivity index (χ1v) is 26.1. The molecule has 3 aromatic heterocycles. The minimum atomic E-state index is -0.985. The molecular weight excluding hydrogens is 1010 g/mol. The van der Waals surface area contributed by atoms with E-state index in [-0.39, 0.29) is 49.1 Å². The number of piperidine rings is 1.